The van der Waals surface area contributed by atoms with E-state index in [0.29, 0.717) is 4.70 Å². The standard InChI is InChI=1S/C9H8BFO2S/c1-5-4-6-2-3-7(10(12)13)8(11)9(6)14-5/h2-4,12-13H,1H3. The van der Waals surface area contributed by atoms with E-state index in [0.717, 1.165) is 10.3 Å². The molecule has 0 amide bonds. The minimum atomic E-state index is -1.75. The number of aryl methyl sites for hydroxylation is 1. The summed E-state index contributed by atoms with van der Waals surface area (Å²) in [6.07, 6.45) is 0. The molecule has 1 aromatic carbocycles. The fraction of sp³-hybridized carbons (Fsp3) is 0.111. The van der Waals surface area contributed by atoms with Crippen molar-refractivity contribution in [3.8, 4) is 0 Å². The fourth-order valence-electron chi connectivity index (χ4n) is 1.41. The number of hydrogen-bond acceptors (Lipinski definition) is 3. The molecule has 0 spiro atoms. The maximum absolute atomic E-state index is 13.6. The van der Waals surface area contributed by atoms with Crippen LogP contribution in [-0.4, -0.2) is 17.2 Å². The average molecular weight is 210 g/mol. The molecule has 2 nitrogen and oxygen atoms in total. The van der Waals surface area contributed by atoms with E-state index < -0.39 is 12.9 Å². The molecule has 0 radical (unpaired) electrons. The minimum absolute atomic E-state index is 0.0700. The third-order valence-electron chi connectivity index (χ3n) is 2.06. The van der Waals surface area contributed by atoms with E-state index >= 15 is 0 Å². The molecule has 0 aliphatic heterocycles. The van der Waals surface area contributed by atoms with Crippen LogP contribution in [0.25, 0.3) is 10.1 Å². The summed E-state index contributed by atoms with van der Waals surface area (Å²) in [5.41, 5.74) is -0.0700. The monoisotopic (exact) mass is 210 g/mol. The summed E-state index contributed by atoms with van der Waals surface area (Å²) in [7, 11) is -1.75. The molecule has 14 heavy (non-hydrogen) atoms. The first-order chi connectivity index (χ1) is 6.59. The Kier molecular flexibility index (Phi) is 2.30. The van der Waals surface area contributed by atoms with Crippen LogP contribution in [-0.2, 0) is 0 Å². The van der Waals surface area contributed by atoms with Crippen LogP contribution in [0, 0.1) is 12.7 Å². The summed E-state index contributed by atoms with van der Waals surface area (Å²) in [6, 6.07) is 4.96. The van der Waals surface area contributed by atoms with Crippen molar-refractivity contribution in [2.45, 2.75) is 6.92 Å². The van der Waals surface area contributed by atoms with Gasteiger partial charge in [0.25, 0.3) is 0 Å². The Bertz CT molecular complexity index is 481. The van der Waals surface area contributed by atoms with Gasteiger partial charge in [-0.1, -0.05) is 12.1 Å². The highest BCUT2D eigenvalue weighted by molar-refractivity contribution is 7.19. The third kappa shape index (κ3) is 1.43. The summed E-state index contributed by atoms with van der Waals surface area (Å²) in [4.78, 5) is 1.00. The zero-order valence-electron chi connectivity index (χ0n) is 7.49. The molecule has 0 saturated carbocycles. The van der Waals surface area contributed by atoms with Gasteiger partial charge in [-0.3, -0.25) is 0 Å². The van der Waals surface area contributed by atoms with Gasteiger partial charge in [0.15, 0.2) is 0 Å². The van der Waals surface area contributed by atoms with Crippen LogP contribution < -0.4 is 5.46 Å². The van der Waals surface area contributed by atoms with Crippen molar-refractivity contribution in [2.24, 2.45) is 0 Å². The van der Waals surface area contributed by atoms with E-state index in [1.54, 1.807) is 6.07 Å². The van der Waals surface area contributed by atoms with Crippen LogP contribution in [0.5, 0.6) is 0 Å². The van der Waals surface area contributed by atoms with Crippen LogP contribution in [0.1, 0.15) is 4.88 Å². The summed E-state index contributed by atoms with van der Waals surface area (Å²) < 4.78 is 14.1. The minimum Gasteiger partial charge on any atom is -0.423 e. The van der Waals surface area contributed by atoms with Crippen LogP contribution in [0.3, 0.4) is 0 Å². The Labute approximate surface area is 84.8 Å². The molecule has 0 aliphatic carbocycles. The zero-order valence-corrected chi connectivity index (χ0v) is 8.31. The summed E-state index contributed by atoms with van der Waals surface area (Å²) in [5.74, 6) is -0.532. The molecule has 0 unspecified atom stereocenters. The highest BCUT2D eigenvalue weighted by Crippen LogP contribution is 2.26. The number of halogens is 1. The third-order valence-corrected chi connectivity index (χ3v) is 3.12. The lowest BCUT2D eigenvalue weighted by molar-refractivity contribution is 0.423. The van der Waals surface area contributed by atoms with E-state index in [2.05, 4.69) is 0 Å². The predicted octanol–water partition coefficient (Wildman–Crippen LogP) is 1.03. The highest BCUT2D eigenvalue weighted by atomic mass is 32.1. The number of benzene rings is 1. The lowest BCUT2D eigenvalue weighted by atomic mass is 9.80. The van der Waals surface area contributed by atoms with E-state index in [9.17, 15) is 4.39 Å². The normalized spacial score (nSPS) is 10.9. The highest BCUT2D eigenvalue weighted by Gasteiger charge is 2.19. The quantitative estimate of drug-likeness (QED) is 0.690. The molecular weight excluding hydrogens is 202 g/mol. The second-order valence-electron chi connectivity index (χ2n) is 3.12. The van der Waals surface area contributed by atoms with Gasteiger partial charge in [-0.05, 0) is 18.4 Å². The van der Waals surface area contributed by atoms with Gasteiger partial charge in [0, 0.05) is 10.3 Å². The molecule has 0 bridgehead atoms. The summed E-state index contributed by atoms with van der Waals surface area (Å²) in [6.45, 7) is 1.89. The van der Waals surface area contributed by atoms with Gasteiger partial charge in [-0.25, -0.2) is 4.39 Å². The number of hydrogen-bond donors (Lipinski definition) is 2. The molecule has 5 heteroatoms. The largest absolute Gasteiger partial charge is 0.491 e. The SMILES string of the molecule is Cc1cc2ccc(B(O)O)c(F)c2s1. The molecule has 0 fully saturated rings. The van der Waals surface area contributed by atoms with E-state index in [4.69, 9.17) is 10.0 Å². The molecular formula is C9H8BFO2S. The number of rotatable bonds is 1. The number of fused-ring (bicyclic) bond motifs is 1. The van der Waals surface area contributed by atoms with Crippen molar-refractivity contribution < 1.29 is 14.4 Å². The zero-order chi connectivity index (χ0) is 10.3. The summed E-state index contributed by atoms with van der Waals surface area (Å²) >= 11 is 1.31. The van der Waals surface area contributed by atoms with Gasteiger partial charge in [0.05, 0.1) is 4.70 Å². The van der Waals surface area contributed by atoms with Crippen molar-refractivity contribution in [2.75, 3.05) is 0 Å². The van der Waals surface area contributed by atoms with Gasteiger partial charge in [-0.2, -0.15) is 0 Å². The molecule has 0 atom stereocenters. The molecule has 2 N–H and O–H groups in total. The van der Waals surface area contributed by atoms with Gasteiger partial charge < -0.3 is 10.0 Å². The molecule has 1 aromatic heterocycles. The average Bonchev–Trinajstić information content (AvgIpc) is 2.46. The maximum Gasteiger partial charge on any atom is 0.491 e. The van der Waals surface area contributed by atoms with Gasteiger partial charge >= 0.3 is 7.12 Å². The van der Waals surface area contributed by atoms with Crippen LogP contribution in [0.2, 0.25) is 0 Å². The van der Waals surface area contributed by atoms with Crippen molar-refractivity contribution in [1.82, 2.24) is 0 Å². The first kappa shape index (κ1) is 9.64. The molecule has 72 valence electrons. The second kappa shape index (κ2) is 3.35. The molecule has 2 rings (SSSR count). The van der Waals surface area contributed by atoms with Crippen molar-refractivity contribution in [3.05, 3.63) is 28.9 Å². The van der Waals surface area contributed by atoms with Gasteiger partial charge in [0.2, 0.25) is 0 Å². The van der Waals surface area contributed by atoms with Crippen LogP contribution in [0.15, 0.2) is 18.2 Å². The second-order valence-corrected chi connectivity index (χ2v) is 4.37. The van der Waals surface area contributed by atoms with Crippen LogP contribution in [0.4, 0.5) is 4.39 Å². The Morgan fingerprint density at radius 3 is 2.71 bits per heavy atom. The molecule has 0 aliphatic rings. The van der Waals surface area contributed by atoms with Gasteiger partial charge in [0.1, 0.15) is 5.82 Å². The Hall–Kier alpha value is -0.905. The smallest absolute Gasteiger partial charge is 0.423 e. The van der Waals surface area contributed by atoms with Crippen molar-refractivity contribution in [3.63, 3.8) is 0 Å². The maximum atomic E-state index is 13.6. The van der Waals surface area contributed by atoms with E-state index in [1.807, 2.05) is 13.0 Å². The Morgan fingerprint density at radius 1 is 1.36 bits per heavy atom. The first-order valence-corrected chi connectivity index (χ1v) is 4.96. The molecule has 0 saturated heterocycles. The van der Waals surface area contributed by atoms with Crippen molar-refractivity contribution in [1.29, 1.82) is 0 Å². The Balaban J connectivity index is 2.74. The van der Waals surface area contributed by atoms with Crippen molar-refractivity contribution >= 4 is 34.0 Å². The summed E-state index contributed by atoms with van der Waals surface area (Å²) in [5, 5.41) is 18.6. The Morgan fingerprint density at radius 2 is 2.07 bits per heavy atom. The van der Waals surface area contributed by atoms with E-state index in [-0.39, 0.29) is 5.46 Å². The number of thiophene rings is 1. The van der Waals surface area contributed by atoms with Crippen LogP contribution >= 0.6 is 11.3 Å². The first-order valence-electron chi connectivity index (χ1n) is 4.14. The lowest BCUT2D eigenvalue weighted by Gasteiger charge is -2.01. The fourth-order valence-corrected chi connectivity index (χ4v) is 2.37. The molecule has 1 heterocycles. The van der Waals surface area contributed by atoms with Gasteiger partial charge in [-0.15, -0.1) is 11.3 Å². The lowest BCUT2D eigenvalue weighted by Crippen LogP contribution is -2.32. The predicted molar refractivity (Wildman–Crippen MR) is 56.3 cm³/mol. The molecule has 2 aromatic rings. The van der Waals surface area contributed by atoms with E-state index in [1.165, 1.54) is 17.4 Å². The topological polar surface area (TPSA) is 40.5 Å².